The standard InChI is InChI=1S/C31H36N2O2/c1-3-32(4-2)31(34)27-18-16-26(17-19-27)23-28-13-8-9-21-33(28)29-14-10-15-30(24-29)35-22-20-25-11-6-5-7-12-25/h5-7,10-12,14-19,23-24H,3-4,8-9,13,20-22H2,1-2H3. The molecule has 4 rings (SSSR count). The maximum atomic E-state index is 12.6. The molecule has 1 amide bonds. The van der Waals surface area contributed by atoms with Gasteiger partial charge < -0.3 is 14.5 Å². The Morgan fingerprint density at radius 1 is 0.943 bits per heavy atom. The van der Waals surface area contributed by atoms with E-state index in [1.807, 2.05) is 43.0 Å². The van der Waals surface area contributed by atoms with Crippen molar-refractivity contribution in [3.63, 3.8) is 0 Å². The van der Waals surface area contributed by atoms with Gasteiger partial charge in [0.15, 0.2) is 0 Å². The molecular weight excluding hydrogens is 432 g/mol. The minimum Gasteiger partial charge on any atom is -0.493 e. The minimum absolute atomic E-state index is 0.0950. The van der Waals surface area contributed by atoms with E-state index < -0.39 is 0 Å². The van der Waals surface area contributed by atoms with Gasteiger partial charge in [-0.1, -0.05) is 48.5 Å². The third-order valence-corrected chi connectivity index (χ3v) is 6.58. The molecule has 1 heterocycles. The van der Waals surface area contributed by atoms with Gasteiger partial charge in [-0.3, -0.25) is 4.79 Å². The molecule has 35 heavy (non-hydrogen) atoms. The molecule has 0 saturated carbocycles. The zero-order chi connectivity index (χ0) is 24.5. The maximum Gasteiger partial charge on any atom is 0.253 e. The first-order valence-electron chi connectivity index (χ1n) is 12.8. The molecule has 1 aliphatic rings. The van der Waals surface area contributed by atoms with Crippen LogP contribution in [0.1, 0.15) is 54.6 Å². The number of rotatable bonds is 9. The molecule has 0 atom stereocenters. The van der Waals surface area contributed by atoms with E-state index in [0.29, 0.717) is 6.61 Å². The number of nitrogens with zero attached hydrogens (tertiary/aromatic N) is 2. The Kier molecular flexibility index (Phi) is 8.61. The summed E-state index contributed by atoms with van der Waals surface area (Å²) in [5.41, 5.74) is 5.63. The van der Waals surface area contributed by atoms with Crippen LogP contribution in [0.2, 0.25) is 0 Å². The van der Waals surface area contributed by atoms with E-state index in [-0.39, 0.29) is 5.91 Å². The fourth-order valence-electron chi connectivity index (χ4n) is 4.58. The van der Waals surface area contributed by atoms with Gasteiger partial charge in [0, 0.05) is 49.1 Å². The number of benzene rings is 3. The van der Waals surface area contributed by atoms with Crippen molar-refractivity contribution in [2.45, 2.75) is 39.5 Å². The summed E-state index contributed by atoms with van der Waals surface area (Å²) in [4.78, 5) is 16.9. The Balaban J connectivity index is 1.45. The zero-order valence-electron chi connectivity index (χ0n) is 21.0. The average molecular weight is 469 g/mol. The predicted octanol–water partition coefficient (Wildman–Crippen LogP) is 6.82. The lowest BCUT2D eigenvalue weighted by Gasteiger charge is -2.32. The van der Waals surface area contributed by atoms with Crippen molar-refractivity contribution in [2.75, 3.05) is 31.1 Å². The third kappa shape index (κ3) is 6.54. The fourth-order valence-corrected chi connectivity index (χ4v) is 4.58. The molecule has 0 N–H and O–H groups in total. The fraction of sp³-hybridized carbons (Fsp3) is 0.323. The molecule has 4 heteroatoms. The second kappa shape index (κ2) is 12.3. The van der Waals surface area contributed by atoms with Crippen LogP contribution >= 0.6 is 0 Å². The highest BCUT2D eigenvalue weighted by atomic mass is 16.5. The molecule has 0 bridgehead atoms. The Morgan fingerprint density at radius 3 is 2.46 bits per heavy atom. The van der Waals surface area contributed by atoms with Crippen LogP contribution in [0.25, 0.3) is 6.08 Å². The van der Waals surface area contributed by atoms with Gasteiger partial charge in [-0.15, -0.1) is 0 Å². The molecule has 0 unspecified atom stereocenters. The number of allylic oxidation sites excluding steroid dienone is 1. The Bertz CT molecular complexity index is 1120. The predicted molar refractivity (Wildman–Crippen MR) is 145 cm³/mol. The van der Waals surface area contributed by atoms with E-state index in [1.54, 1.807) is 0 Å². The molecule has 0 radical (unpaired) electrons. The second-order valence-electron chi connectivity index (χ2n) is 8.93. The van der Waals surface area contributed by atoms with E-state index in [2.05, 4.69) is 65.6 Å². The summed E-state index contributed by atoms with van der Waals surface area (Å²) in [6.45, 7) is 7.14. The number of hydrogen-bond acceptors (Lipinski definition) is 3. The average Bonchev–Trinajstić information content (AvgIpc) is 2.91. The van der Waals surface area contributed by atoms with Crippen LogP contribution in [0.15, 0.2) is 84.6 Å². The van der Waals surface area contributed by atoms with Gasteiger partial charge in [0.2, 0.25) is 0 Å². The van der Waals surface area contributed by atoms with Crippen LogP contribution < -0.4 is 9.64 Å². The molecule has 1 saturated heterocycles. The van der Waals surface area contributed by atoms with Crippen LogP contribution in [0.4, 0.5) is 5.69 Å². The first-order chi connectivity index (χ1) is 17.2. The summed E-state index contributed by atoms with van der Waals surface area (Å²) in [6, 6.07) is 26.9. The first-order valence-corrected chi connectivity index (χ1v) is 12.8. The van der Waals surface area contributed by atoms with E-state index in [1.165, 1.54) is 29.8 Å². The van der Waals surface area contributed by atoms with Crippen LogP contribution in [-0.2, 0) is 6.42 Å². The molecule has 1 aliphatic heterocycles. The van der Waals surface area contributed by atoms with Crippen molar-refractivity contribution >= 4 is 17.7 Å². The quantitative estimate of drug-likeness (QED) is 0.345. The number of amides is 1. The maximum absolute atomic E-state index is 12.6. The van der Waals surface area contributed by atoms with E-state index in [4.69, 9.17) is 4.74 Å². The van der Waals surface area contributed by atoms with E-state index in [9.17, 15) is 4.79 Å². The van der Waals surface area contributed by atoms with Crippen LogP contribution in [0.5, 0.6) is 5.75 Å². The molecular formula is C31H36N2O2. The largest absolute Gasteiger partial charge is 0.493 e. The van der Waals surface area contributed by atoms with Crippen molar-refractivity contribution < 1.29 is 9.53 Å². The van der Waals surface area contributed by atoms with Gasteiger partial charge in [-0.05, 0) is 74.6 Å². The van der Waals surface area contributed by atoms with Crippen molar-refractivity contribution in [3.8, 4) is 5.75 Å². The lowest BCUT2D eigenvalue weighted by Crippen LogP contribution is -2.30. The van der Waals surface area contributed by atoms with Crippen molar-refractivity contribution in [1.82, 2.24) is 4.90 Å². The van der Waals surface area contributed by atoms with E-state index in [0.717, 1.165) is 49.4 Å². The molecule has 3 aromatic carbocycles. The second-order valence-corrected chi connectivity index (χ2v) is 8.93. The molecule has 3 aromatic rings. The number of anilines is 1. The number of piperidine rings is 1. The highest BCUT2D eigenvalue weighted by Gasteiger charge is 2.18. The van der Waals surface area contributed by atoms with Crippen molar-refractivity contribution in [3.05, 3.63) is 101 Å². The van der Waals surface area contributed by atoms with Gasteiger partial charge in [0.1, 0.15) is 5.75 Å². The van der Waals surface area contributed by atoms with Gasteiger partial charge >= 0.3 is 0 Å². The molecule has 0 aliphatic carbocycles. The molecule has 0 spiro atoms. The normalized spacial score (nSPS) is 14.7. The van der Waals surface area contributed by atoms with Gasteiger partial charge in [0.05, 0.1) is 6.61 Å². The van der Waals surface area contributed by atoms with Crippen molar-refractivity contribution in [1.29, 1.82) is 0 Å². The van der Waals surface area contributed by atoms with Crippen LogP contribution in [-0.4, -0.2) is 37.0 Å². The third-order valence-electron chi connectivity index (χ3n) is 6.58. The summed E-state index contributed by atoms with van der Waals surface area (Å²) in [7, 11) is 0. The first kappa shape index (κ1) is 24.6. The number of ether oxygens (including phenoxy) is 1. The SMILES string of the molecule is CCN(CC)C(=O)c1ccc(C=C2CCCCN2c2cccc(OCCc3ccccc3)c2)cc1. The molecule has 4 nitrogen and oxygen atoms in total. The molecule has 1 fully saturated rings. The summed E-state index contributed by atoms with van der Waals surface area (Å²) >= 11 is 0. The number of carbonyl (C=O) groups excluding carboxylic acids is 1. The topological polar surface area (TPSA) is 32.8 Å². The van der Waals surface area contributed by atoms with Crippen molar-refractivity contribution in [2.24, 2.45) is 0 Å². The van der Waals surface area contributed by atoms with E-state index >= 15 is 0 Å². The zero-order valence-corrected chi connectivity index (χ0v) is 21.0. The Hall–Kier alpha value is -3.53. The molecule has 0 aromatic heterocycles. The summed E-state index contributed by atoms with van der Waals surface area (Å²) in [5, 5.41) is 0. The van der Waals surface area contributed by atoms with Gasteiger partial charge in [-0.25, -0.2) is 0 Å². The highest BCUT2D eigenvalue weighted by Crippen LogP contribution is 2.31. The van der Waals surface area contributed by atoms with Crippen LogP contribution in [0.3, 0.4) is 0 Å². The van der Waals surface area contributed by atoms with Gasteiger partial charge in [0.25, 0.3) is 5.91 Å². The molecule has 182 valence electrons. The van der Waals surface area contributed by atoms with Gasteiger partial charge in [-0.2, -0.15) is 0 Å². The minimum atomic E-state index is 0.0950. The Labute approximate surface area is 209 Å². The smallest absolute Gasteiger partial charge is 0.253 e. The summed E-state index contributed by atoms with van der Waals surface area (Å²) in [5.74, 6) is 1.00. The summed E-state index contributed by atoms with van der Waals surface area (Å²) in [6.07, 6.45) is 6.56. The summed E-state index contributed by atoms with van der Waals surface area (Å²) < 4.78 is 6.09. The monoisotopic (exact) mass is 468 g/mol. The highest BCUT2D eigenvalue weighted by molar-refractivity contribution is 5.94. The van der Waals surface area contributed by atoms with Crippen LogP contribution in [0, 0.1) is 0 Å². The number of hydrogen-bond donors (Lipinski definition) is 0. The number of carbonyl (C=O) groups is 1. The lowest BCUT2D eigenvalue weighted by molar-refractivity contribution is 0.0773. The Morgan fingerprint density at radius 2 is 1.71 bits per heavy atom. The lowest BCUT2D eigenvalue weighted by atomic mass is 10.0.